The molecule has 4 heteroatoms. The summed E-state index contributed by atoms with van der Waals surface area (Å²) in [6.45, 7) is 4.36. The first-order valence-electron chi connectivity index (χ1n) is 7.66. The molecule has 0 aromatic carbocycles. The highest BCUT2D eigenvalue weighted by Crippen LogP contribution is 2.26. The van der Waals surface area contributed by atoms with Gasteiger partial charge in [0.05, 0.1) is 18.5 Å². The van der Waals surface area contributed by atoms with Crippen LogP contribution in [0.4, 0.5) is 0 Å². The van der Waals surface area contributed by atoms with Gasteiger partial charge >= 0.3 is 0 Å². The number of nitrogens with one attached hydrogen (secondary N) is 2. The van der Waals surface area contributed by atoms with Gasteiger partial charge in [0.2, 0.25) is 0 Å². The maximum absolute atomic E-state index is 5.48. The molecule has 0 bridgehead atoms. The number of aryl methyl sites for hydroxylation is 1. The molecule has 0 unspecified atom stereocenters. The molecule has 0 amide bonds. The van der Waals surface area contributed by atoms with E-state index in [0.717, 1.165) is 41.4 Å². The highest BCUT2D eigenvalue weighted by atomic mass is 16.5. The molecule has 0 saturated carbocycles. The second kappa shape index (κ2) is 6.10. The lowest BCUT2D eigenvalue weighted by atomic mass is 10.1. The Morgan fingerprint density at radius 2 is 2.09 bits per heavy atom. The zero-order valence-corrected chi connectivity index (χ0v) is 13.2. The first-order valence-corrected chi connectivity index (χ1v) is 7.66. The molecule has 3 rings (SSSR count). The Balaban J connectivity index is 2.00. The lowest BCUT2D eigenvalue weighted by Crippen LogP contribution is -1.93. The number of nitrogens with zero attached hydrogens (tertiary/aromatic N) is 1. The lowest BCUT2D eigenvalue weighted by molar-refractivity contribution is 0.303. The number of aromatic nitrogens is 2. The summed E-state index contributed by atoms with van der Waals surface area (Å²) in [7, 11) is 1.68. The van der Waals surface area contributed by atoms with Gasteiger partial charge < -0.3 is 14.7 Å². The van der Waals surface area contributed by atoms with Crippen LogP contribution < -0.4 is 0 Å². The zero-order valence-electron chi connectivity index (χ0n) is 13.2. The summed E-state index contributed by atoms with van der Waals surface area (Å²) < 4.78 is 5.48. The van der Waals surface area contributed by atoms with Gasteiger partial charge in [0.15, 0.2) is 0 Å². The highest BCUT2D eigenvalue weighted by Gasteiger charge is 2.18. The third kappa shape index (κ3) is 2.52. The number of H-pyrrole nitrogens is 2. The Kier molecular flexibility index (Phi) is 4.00. The van der Waals surface area contributed by atoms with E-state index in [1.165, 1.54) is 11.1 Å². The largest absolute Gasteiger partial charge is 0.494 e. The Labute approximate surface area is 130 Å². The van der Waals surface area contributed by atoms with E-state index in [0.29, 0.717) is 0 Å². The number of aliphatic imine (C=N–C) groups is 1. The van der Waals surface area contributed by atoms with Crippen LogP contribution in [0.2, 0.25) is 0 Å². The van der Waals surface area contributed by atoms with E-state index in [1.807, 2.05) is 24.4 Å². The van der Waals surface area contributed by atoms with E-state index in [1.54, 1.807) is 7.11 Å². The Bertz CT molecular complexity index is 745. The van der Waals surface area contributed by atoms with Crippen molar-refractivity contribution in [3.8, 4) is 0 Å². The number of allylic oxidation sites excluding steroid dienone is 1. The third-order valence-electron chi connectivity index (χ3n) is 3.99. The lowest BCUT2D eigenvalue weighted by Gasteiger charge is -2.03. The fourth-order valence-corrected chi connectivity index (χ4v) is 2.82. The van der Waals surface area contributed by atoms with E-state index in [9.17, 15) is 0 Å². The van der Waals surface area contributed by atoms with Gasteiger partial charge in [-0.1, -0.05) is 13.8 Å². The van der Waals surface area contributed by atoms with Crippen LogP contribution in [-0.4, -0.2) is 22.8 Å². The molecular formula is C18H21N3O. The molecule has 4 nitrogen and oxygen atoms in total. The Morgan fingerprint density at radius 3 is 2.73 bits per heavy atom. The minimum absolute atomic E-state index is 0.791. The van der Waals surface area contributed by atoms with Crippen molar-refractivity contribution in [1.29, 1.82) is 0 Å². The van der Waals surface area contributed by atoms with Crippen molar-refractivity contribution in [1.82, 2.24) is 9.97 Å². The predicted molar refractivity (Wildman–Crippen MR) is 89.9 cm³/mol. The molecule has 2 aromatic rings. The first kappa shape index (κ1) is 14.4. The molecule has 0 fully saturated rings. The number of rotatable bonds is 5. The highest BCUT2D eigenvalue weighted by molar-refractivity contribution is 6.11. The van der Waals surface area contributed by atoms with Crippen molar-refractivity contribution in [2.75, 3.05) is 7.11 Å². The number of methoxy groups -OCH3 is 1. The van der Waals surface area contributed by atoms with Crippen LogP contribution in [0, 0.1) is 0 Å². The second-order valence-corrected chi connectivity index (χ2v) is 5.24. The minimum atomic E-state index is 0.791. The van der Waals surface area contributed by atoms with Crippen LogP contribution in [0.3, 0.4) is 0 Å². The van der Waals surface area contributed by atoms with Crippen molar-refractivity contribution < 1.29 is 4.74 Å². The Hall–Kier alpha value is -2.49. The quantitative estimate of drug-likeness (QED) is 0.865. The molecule has 0 radical (unpaired) electrons. The summed E-state index contributed by atoms with van der Waals surface area (Å²) in [5.41, 5.74) is 6.58. The summed E-state index contributed by atoms with van der Waals surface area (Å²) in [5, 5.41) is 0. The van der Waals surface area contributed by atoms with Crippen LogP contribution in [0.15, 0.2) is 47.1 Å². The zero-order chi connectivity index (χ0) is 15.5. The van der Waals surface area contributed by atoms with Gasteiger partial charge in [0.1, 0.15) is 11.5 Å². The van der Waals surface area contributed by atoms with E-state index in [4.69, 9.17) is 9.73 Å². The SMILES string of the molecule is CCc1c[nH]c(/C=C2/N=C(c3ccc[nH]3)C=C2OC)c1CC. The summed E-state index contributed by atoms with van der Waals surface area (Å²) in [4.78, 5) is 11.2. The smallest absolute Gasteiger partial charge is 0.146 e. The molecule has 2 aromatic heterocycles. The predicted octanol–water partition coefficient (Wildman–Crippen LogP) is 3.84. The molecule has 0 spiro atoms. The van der Waals surface area contributed by atoms with Gasteiger partial charge in [-0.3, -0.25) is 0 Å². The molecule has 1 aliphatic rings. The summed E-state index contributed by atoms with van der Waals surface area (Å²) in [6, 6.07) is 3.97. The standard InChI is InChI=1S/C18H21N3O/c1-4-12-11-20-15(13(12)5-2)9-17-18(22-3)10-16(21-17)14-7-6-8-19-14/h6-11,19-20H,4-5H2,1-3H3/b17-9+. The van der Waals surface area contributed by atoms with Gasteiger partial charge in [-0.15, -0.1) is 0 Å². The molecule has 22 heavy (non-hydrogen) atoms. The minimum Gasteiger partial charge on any atom is -0.494 e. The average molecular weight is 295 g/mol. The van der Waals surface area contributed by atoms with Crippen LogP contribution >= 0.6 is 0 Å². The summed E-state index contributed by atoms with van der Waals surface area (Å²) in [6.07, 6.45) is 10.1. The molecule has 2 N–H and O–H groups in total. The number of hydrogen-bond acceptors (Lipinski definition) is 2. The van der Waals surface area contributed by atoms with Gasteiger partial charge in [0, 0.05) is 24.2 Å². The molecule has 0 atom stereocenters. The molecule has 1 aliphatic heterocycles. The van der Waals surface area contributed by atoms with Crippen LogP contribution in [0.5, 0.6) is 0 Å². The van der Waals surface area contributed by atoms with Gasteiger partial charge in [-0.25, -0.2) is 4.99 Å². The van der Waals surface area contributed by atoms with Crippen LogP contribution in [0.25, 0.3) is 6.08 Å². The van der Waals surface area contributed by atoms with Gasteiger partial charge in [-0.2, -0.15) is 0 Å². The van der Waals surface area contributed by atoms with E-state index < -0.39 is 0 Å². The summed E-state index contributed by atoms with van der Waals surface area (Å²) >= 11 is 0. The Morgan fingerprint density at radius 1 is 1.23 bits per heavy atom. The molecule has 0 aliphatic carbocycles. The third-order valence-corrected chi connectivity index (χ3v) is 3.99. The average Bonchev–Trinajstić information content (AvgIpc) is 3.26. The maximum Gasteiger partial charge on any atom is 0.146 e. The van der Waals surface area contributed by atoms with E-state index in [2.05, 4.69) is 36.1 Å². The molecule has 0 saturated heterocycles. The van der Waals surface area contributed by atoms with Crippen molar-refractivity contribution in [2.24, 2.45) is 4.99 Å². The van der Waals surface area contributed by atoms with Gasteiger partial charge in [0.25, 0.3) is 0 Å². The first-order chi connectivity index (χ1) is 10.8. The fourth-order valence-electron chi connectivity index (χ4n) is 2.82. The maximum atomic E-state index is 5.48. The number of hydrogen-bond donors (Lipinski definition) is 2. The normalized spacial score (nSPS) is 16.0. The van der Waals surface area contributed by atoms with Crippen LogP contribution in [-0.2, 0) is 17.6 Å². The number of ether oxygens (including phenoxy) is 1. The van der Waals surface area contributed by atoms with Crippen molar-refractivity contribution >= 4 is 11.8 Å². The van der Waals surface area contributed by atoms with E-state index in [-0.39, 0.29) is 0 Å². The topological polar surface area (TPSA) is 53.2 Å². The second-order valence-electron chi connectivity index (χ2n) is 5.24. The van der Waals surface area contributed by atoms with Gasteiger partial charge in [-0.05, 0) is 42.2 Å². The monoisotopic (exact) mass is 295 g/mol. The molecular weight excluding hydrogens is 274 g/mol. The van der Waals surface area contributed by atoms with Crippen LogP contribution in [0.1, 0.15) is 36.4 Å². The fraction of sp³-hybridized carbons (Fsp3) is 0.278. The van der Waals surface area contributed by atoms with E-state index >= 15 is 0 Å². The summed E-state index contributed by atoms with van der Waals surface area (Å²) in [5.74, 6) is 0.791. The van der Waals surface area contributed by atoms with Crippen molar-refractivity contribution in [3.63, 3.8) is 0 Å². The van der Waals surface area contributed by atoms with Crippen molar-refractivity contribution in [2.45, 2.75) is 26.7 Å². The molecule has 114 valence electrons. The molecule has 3 heterocycles. The number of aromatic amines is 2. The van der Waals surface area contributed by atoms with Crippen molar-refractivity contribution in [3.05, 3.63) is 64.6 Å².